The molecule has 3 nitrogen and oxygen atoms in total. The zero-order valence-corrected chi connectivity index (χ0v) is 10.7. The van der Waals surface area contributed by atoms with Gasteiger partial charge in [-0.05, 0) is 68.7 Å². The van der Waals surface area contributed by atoms with Crippen LogP contribution in [0.15, 0.2) is 0 Å². The van der Waals surface area contributed by atoms with E-state index in [4.69, 9.17) is 5.11 Å². The first-order valence-corrected chi connectivity index (χ1v) is 6.95. The number of carbonyl (C=O) groups is 1. The summed E-state index contributed by atoms with van der Waals surface area (Å²) in [5.41, 5.74) is 0.471. The summed E-state index contributed by atoms with van der Waals surface area (Å²) in [6.07, 6.45) is 8.47. The summed E-state index contributed by atoms with van der Waals surface area (Å²) in [6.45, 7) is 1.20. The van der Waals surface area contributed by atoms with Crippen LogP contribution in [0, 0.1) is 23.2 Å². The van der Waals surface area contributed by atoms with Gasteiger partial charge in [-0.25, -0.2) is 0 Å². The van der Waals surface area contributed by atoms with Crippen molar-refractivity contribution in [3.05, 3.63) is 0 Å². The van der Waals surface area contributed by atoms with Crippen molar-refractivity contribution in [2.24, 2.45) is 23.2 Å². The molecule has 0 aromatic heterocycles. The molecule has 0 radical (unpaired) electrons. The first kappa shape index (κ1) is 11.5. The molecule has 1 N–H and O–H groups in total. The lowest BCUT2D eigenvalue weighted by atomic mass is 9.49. The molecule has 0 saturated heterocycles. The average molecular weight is 237 g/mol. The molecule has 4 saturated carbocycles. The van der Waals surface area contributed by atoms with Crippen molar-refractivity contribution in [2.75, 3.05) is 20.1 Å². The third kappa shape index (κ3) is 2.22. The Bertz CT molecular complexity index is 291. The van der Waals surface area contributed by atoms with Crippen molar-refractivity contribution in [1.29, 1.82) is 0 Å². The van der Waals surface area contributed by atoms with Crippen LogP contribution in [0.1, 0.15) is 38.5 Å². The molecule has 3 heteroatoms. The SMILES string of the molecule is CN(CC(=O)O)CC12CC3CC(CC(C3)C1)C2. The van der Waals surface area contributed by atoms with Gasteiger partial charge in [0.1, 0.15) is 0 Å². The van der Waals surface area contributed by atoms with Crippen LogP contribution in [0.2, 0.25) is 0 Å². The van der Waals surface area contributed by atoms with E-state index in [1.807, 2.05) is 11.9 Å². The summed E-state index contributed by atoms with van der Waals surface area (Å²) in [7, 11) is 1.96. The summed E-state index contributed by atoms with van der Waals surface area (Å²) in [4.78, 5) is 12.8. The highest BCUT2D eigenvalue weighted by molar-refractivity contribution is 5.69. The van der Waals surface area contributed by atoms with Crippen LogP contribution >= 0.6 is 0 Å². The Morgan fingerprint density at radius 1 is 1.18 bits per heavy atom. The lowest BCUT2D eigenvalue weighted by Gasteiger charge is -2.57. The summed E-state index contributed by atoms with van der Waals surface area (Å²) in [5.74, 6) is 2.18. The third-order valence-corrected chi connectivity index (χ3v) is 5.18. The van der Waals surface area contributed by atoms with Gasteiger partial charge in [-0.2, -0.15) is 0 Å². The van der Waals surface area contributed by atoms with E-state index in [-0.39, 0.29) is 6.54 Å². The number of rotatable bonds is 4. The molecule has 17 heavy (non-hydrogen) atoms. The fourth-order valence-electron chi connectivity index (χ4n) is 5.34. The monoisotopic (exact) mass is 237 g/mol. The fraction of sp³-hybridized carbons (Fsp3) is 0.929. The molecular formula is C14H23NO2. The first-order chi connectivity index (χ1) is 8.05. The smallest absolute Gasteiger partial charge is 0.317 e. The largest absolute Gasteiger partial charge is 0.480 e. The maximum Gasteiger partial charge on any atom is 0.317 e. The topological polar surface area (TPSA) is 40.5 Å². The number of nitrogens with zero attached hydrogens (tertiary/aromatic N) is 1. The lowest BCUT2D eigenvalue weighted by molar-refractivity contribution is -0.139. The van der Waals surface area contributed by atoms with Gasteiger partial charge in [0.15, 0.2) is 0 Å². The number of carboxylic acids is 1. The Kier molecular flexibility index (Phi) is 2.69. The van der Waals surface area contributed by atoms with E-state index >= 15 is 0 Å². The van der Waals surface area contributed by atoms with E-state index in [0.29, 0.717) is 5.41 Å². The highest BCUT2D eigenvalue weighted by Gasteiger charge is 2.50. The molecular weight excluding hydrogens is 214 g/mol. The Morgan fingerprint density at radius 3 is 2.06 bits per heavy atom. The van der Waals surface area contributed by atoms with E-state index in [2.05, 4.69) is 0 Å². The van der Waals surface area contributed by atoms with Gasteiger partial charge in [-0.3, -0.25) is 9.69 Å². The van der Waals surface area contributed by atoms with Crippen LogP contribution in [-0.2, 0) is 4.79 Å². The average Bonchev–Trinajstić information content (AvgIpc) is 2.11. The molecule has 0 aliphatic heterocycles. The Balaban J connectivity index is 1.67. The molecule has 4 fully saturated rings. The first-order valence-electron chi connectivity index (χ1n) is 6.95. The summed E-state index contributed by atoms with van der Waals surface area (Å²) in [5, 5.41) is 8.86. The molecule has 0 spiro atoms. The second-order valence-corrected chi connectivity index (χ2v) is 6.98. The van der Waals surface area contributed by atoms with Gasteiger partial charge in [-0.1, -0.05) is 0 Å². The van der Waals surface area contributed by atoms with Gasteiger partial charge in [0.2, 0.25) is 0 Å². The molecule has 0 unspecified atom stereocenters. The molecule has 96 valence electrons. The molecule has 0 amide bonds. The maximum atomic E-state index is 10.8. The Morgan fingerprint density at radius 2 is 1.65 bits per heavy atom. The van der Waals surface area contributed by atoms with Crippen LogP contribution < -0.4 is 0 Å². The molecule has 0 atom stereocenters. The molecule has 4 aliphatic rings. The van der Waals surface area contributed by atoms with Gasteiger partial charge in [0.25, 0.3) is 0 Å². The molecule has 4 aliphatic carbocycles. The van der Waals surface area contributed by atoms with Crippen molar-refractivity contribution in [1.82, 2.24) is 4.90 Å². The van der Waals surface area contributed by atoms with E-state index in [9.17, 15) is 4.79 Å². The molecule has 4 rings (SSSR count). The number of aliphatic carboxylic acids is 1. The van der Waals surface area contributed by atoms with Gasteiger partial charge in [0, 0.05) is 6.54 Å². The van der Waals surface area contributed by atoms with E-state index in [1.54, 1.807) is 0 Å². The minimum Gasteiger partial charge on any atom is -0.480 e. The lowest BCUT2D eigenvalue weighted by Crippen LogP contribution is -2.51. The predicted molar refractivity (Wildman–Crippen MR) is 65.7 cm³/mol. The van der Waals surface area contributed by atoms with Crippen molar-refractivity contribution in [3.63, 3.8) is 0 Å². The van der Waals surface area contributed by atoms with Gasteiger partial charge >= 0.3 is 5.97 Å². The third-order valence-electron chi connectivity index (χ3n) is 5.18. The highest BCUT2D eigenvalue weighted by atomic mass is 16.4. The standard InChI is InChI=1S/C14H23NO2/c1-15(8-13(16)17)9-14-5-10-2-11(6-14)4-12(3-10)7-14/h10-12H,2-9H2,1H3,(H,16,17). The Labute approximate surface area is 103 Å². The van der Waals surface area contributed by atoms with Crippen LogP contribution in [0.3, 0.4) is 0 Å². The number of hydrogen-bond acceptors (Lipinski definition) is 2. The molecule has 0 aromatic carbocycles. The summed E-state index contributed by atoms with van der Waals surface area (Å²) in [6, 6.07) is 0. The van der Waals surface area contributed by atoms with Crippen molar-refractivity contribution in [2.45, 2.75) is 38.5 Å². The minimum atomic E-state index is -0.697. The number of hydrogen-bond donors (Lipinski definition) is 1. The number of carboxylic acid groups (broad SMARTS) is 1. The zero-order chi connectivity index (χ0) is 12.0. The fourth-order valence-corrected chi connectivity index (χ4v) is 5.34. The van der Waals surface area contributed by atoms with Gasteiger partial charge < -0.3 is 5.11 Å². The second kappa shape index (κ2) is 3.98. The van der Waals surface area contributed by atoms with Gasteiger partial charge in [-0.15, -0.1) is 0 Å². The van der Waals surface area contributed by atoms with Crippen LogP contribution in [-0.4, -0.2) is 36.1 Å². The van der Waals surface area contributed by atoms with E-state index < -0.39 is 5.97 Å². The quantitative estimate of drug-likeness (QED) is 0.815. The van der Waals surface area contributed by atoms with E-state index in [1.165, 1.54) is 38.5 Å². The van der Waals surface area contributed by atoms with Gasteiger partial charge in [0.05, 0.1) is 6.54 Å². The van der Waals surface area contributed by atoms with Crippen molar-refractivity contribution >= 4 is 5.97 Å². The number of likely N-dealkylation sites (N-methyl/N-ethyl adjacent to an activating group) is 1. The van der Waals surface area contributed by atoms with E-state index in [0.717, 1.165) is 24.3 Å². The van der Waals surface area contributed by atoms with Crippen LogP contribution in [0.4, 0.5) is 0 Å². The molecule has 0 heterocycles. The molecule has 0 aromatic rings. The second-order valence-electron chi connectivity index (χ2n) is 6.98. The normalized spacial score (nSPS) is 43.3. The van der Waals surface area contributed by atoms with Crippen molar-refractivity contribution < 1.29 is 9.90 Å². The Hall–Kier alpha value is -0.570. The van der Waals surface area contributed by atoms with Crippen LogP contribution in [0.5, 0.6) is 0 Å². The predicted octanol–water partition coefficient (Wildman–Crippen LogP) is 2.22. The maximum absolute atomic E-state index is 10.8. The van der Waals surface area contributed by atoms with Crippen LogP contribution in [0.25, 0.3) is 0 Å². The zero-order valence-electron chi connectivity index (χ0n) is 10.7. The minimum absolute atomic E-state index is 0.196. The summed E-state index contributed by atoms with van der Waals surface area (Å²) < 4.78 is 0. The highest BCUT2D eigenvalue weighted by Crippen LogP contribution is 2.60. The summed E-state index contributed by atoms with van der Waals surface area (Å²) >= 11 is 0. The van der Waals surface area contributed by atoms with Crippen molar-refractivity contribution in [3.8, 4) is 0 Å². The molecule has 4 bridgehead atoms.